The molecule has 1 aliphatic heterocycles. The molecule has 0 N–H and O–H groups in total. The van der Waals surface area contributed by atoms with E-state index in [1.165, 1.54) is 43.7 Å². The molecule has 1 aliphatic carbocycles. The number of anilines is 1. The van der Waals surface area contributed by atoms with E-state index < -0.39 is 0 Å². The Bertz CT molecular complexity index is 376. The first kappa shape index (κ1) is 11.1. The Balaban J connectivity index is 1.68. The van der Waals surface area contributed by atoms with Crippen LogP contribution in [0.25, 0.3) is 0 Å². The van der Waals surface area contributed by atoms with Crippen molar-refractivity contribution in [3.05, 3.63) is 23.9 Å². The van der Waals surface area contributed by atoms with Crippen molar-refractivity contribution in [3.8, 4) is 0 Å². The maximum atomic E-state index is 4.64. The number of hydrogen-bond acceptors (Lipinski definition) is 2. The highest BCUT2D eigenvalue weighted by molar-refractivity contribution is 5.41. The molecule has 17 heavy (non-hydrogen) atoms. The van der Waals surface area contributed by atoms with Crippen LogP contribution in [0, 0.1) is 11.8 Å². The molecule has 0 amide bonds. The lowest BCUT2D eigenvalue weighted by atomic mass is 10.0. The Morgan fingerprint density at radius 1 is 1.24 bits per heavy atom. The first-order valence-corrected chi connectivity index (χ1v) is 6.96. The summed E-state index contributed by atoms with van der Waals surface area (Å²) in [4.78, 5) is 7.04. The zero-order valence-electron chi connectivity index (χ0n) is 10.9. The topological polar surface area (TPSA) is 16.1 Å². The third-order valence-electron chi connectivity index (χ3n) is 4.33. The van der Waals surface area contributed by atoms with E-state index in [1.54, 1.807) is 0 Å². The molecule has 2 heteroatoms. The predicted molar refractivity (Wildman–Crippen MR) is 71.4 cm³/mol. The monoisotopic (exact) mass is 230 g/mol. The standard InChI is InChI=1S/C15H22N2/c1-11(2)13-9-14(13)12-5-6-15(16-10-12)17-7-3-4-8-17/h5-6,10-11,13-14H,3-4,7-9H2,1-2H3/t13-,14-/m1/s1. The van der Waals surface area contributed by atoms with Crippen LogP contribution in [0.1, 0.15) is 44.6 Å². The fraction of sp³-hybridized carbons (Fsp3) is 0.667. The Morgan fingerprint density at radius 2 is 2.00 bits per heavy atom. The fourth-order valence-corrected chi connectivity index (χ4v) is 3.08. The molecule has 2 nitrogen and oxygen atoms in total. The second-order valence-electron chi connectivity index (χ2n) is 5.89. The van der Waals surface area contributed by atoms with Gasteiger partial charge < -0.3 is 4.90 Å². The van der Waals surface area contributed by atoms with Gasteiger partial charge in [-0.25, -0.2) is 4.98 Å². The van der Waals surface area contributed by atoms with E-state index in [0.717, 1.165) is 17.8 Å². The van der Waals surface area contributed by atoms with Gasteiger partial charge in [-0.1, -0.05) is 19.9 Å². The van der Waals surface area contributed by atoms with Gasteiger partial charge in [0.25, 0.3) is 0 Å². The summed E-state index contributed by atoms with van der Waals surface area (Å²) in [6, 6.07) is 4.52. The van der Waals surface area contributed by atoms with Crippen LogP contribution < -0.4 is 4.90 Å². The van der Waals surface area contributed by atoms with Crippen LogP contribution in [0.3, 0.4) is 0 Å². The van der Waals surface area contributed by atoms with Gasteiger partial charge in [-0.2, -0.15) is 0 Å². The molecular weight excluding hydrogens is 208 g/mol. The molecule has 3 rings (SSSR count). The van der Waals surface area contributed by atoms with Crippen molar-refractivity contribution in [2.75, 3.05) is 18.0 Å². The Labute approximate surface area is 104 Å². The second-order valence-corrected chi connectivity index (χ2v) is 5.89. The molecular formula is C15H22N2. The van der Waals surface area contributed by atoms with Crippen LogP contribution in [0.15, 0.2) is 18.3 Å². The predicted octanol–water partition coefficient (Wildman–Crippen LogP) is 3.44. The quantitative estimate of drug-likeness (QED) is 0.790. The van der Waals surface area contributed by atoms with Crippen molar-refractivity contribution in [2.45, 2.75) is 39.0 Å². The van der Waals surface area contributed by atoms with E-state index in [-0.39, 0.29) is 0 Å². The van der Waals surface area contributed by atoms with Crippen LogP contribution in [-0.2, 0) is 0 Å². The van der Waals surface area contributed by atoms with Gasteiger partial charge >= 0.3 is 0 Å². The van der Waals surface area contributed by atoms with Crippen LogP contribution in [-0.4, -0.2) is 18.1 Å². The van der Waals surface area contributed by atoms with Gasteiger partial charge in [-0.15, -0.1) is 0 Å². The Morgan fingerprint density at radius 3 is 2.53 bits per heavy atom. The molecule has 1 aromatic heterocycles. The van der Waals surface area contributed by atoms with Crippen LogP contribution >= 0.6 is 0 Å². The van der Waals surface area contributed by atoms with Gasteiger partial charge in [-0.05, 0) is 48.6 Å². The largest absolute Gasteiger partial charge is 0.357 e. The summed E-state index contributed by atoms with van der Waals surface area (Å²) in [6.45, 7) is 7.03. The van der Waals surface area contributed by atoms with E-state index in [0.29, 0.717) is 0 Å². The normalized spacial score (nSPS) is 27.8. The van der Waals surface area contributed by atoms with Gasteiger partial charge in [0.2, 0.25) is 0 Å². The highest BCUT2D eigenvalue weighted by Gasteiger charge is 2.40. The zero-order chi connectivity index (χ0) is 11.8. The first-order valence-electron chi connectivity index (χ1n) is 6.96. The molecule has 2 atom stereocenters. The first-order chi connectivity index (χ1) is 8.25. The van der Waals surface area contributed by atoms with Gasteiger partial charge in [0.15, 0.2) is 0 Å². The lowest BCUT2D eigenvalue weighted by molar-refractivity contribution is 0.548. The lowest BCUT2D eigenvalue weighted by Crippen LogP contribution is -2.18. The molecule has 92 valence electrons. The number of rotatable bonds is 3. The molecule has 2 fully saturated rings. The molecule has 0 spiro atoms. The van der Waals surface area contributed by atoms with Crippen molar-refractivity contribution in [2.24, 2.45) is 11.8 Å². The van der Waals surface area contributed by atoms with E-state index in [9.17, 15) is 0 Å². The number of hydrogen-bond donors (Lipinski definition) is 0. The minimum absolute atomic E-state index is 0.787. The van der Waals surface area contributed by atoms with Gasteiger partial charge in [0.05, 0.1) is 0 Å². The summed E-state index contributed by atoms with van der Waals surface area (Å²) in [5, 5.41) is 0. The molecule has 2 aliphatic rings. The Kier molecular flexibility index (Phi) is 2.81. The van der Waals surface area contributed by atoms with E-state index in [4.69, 9.17) is 0 Å². The average Bonchev–Trinajstić information content (AvgIpc) is 2.97. The van der Waals surface area contributed by atoms with Gasteiger partial charge in [0, 0.05) is 19.3 Å². The van der Waals surface area contributed by atoms with Crippen LogP contribution in [0.4, 0.5) is 5.82 Å². The summed E-state index contributed by atoms with van der Waals surface area (Å²) >= 11 is 0. The lowest BCUT2D eigenvalue weighted by Gasteiger charge is -2.16. The third kappa shape index (κ3) is 2.18. The van der Waals surface area contributed by atoms with E-state index in [1.807, 2.05) is 0 Å². The summed E-state index contributed by atoms with van der Waals surface area (Å²) in [6.07, 6.45) is 6.12. The third-order valence-corrected chi connectivity index (χ3v) is 4.33. The molecule has 0 aromatic carbocycles. The van der Waals surface area contributed by atoms with Crippen molar-refractivity contribution >= 4 is 5.82 Å². The smallest absolute Gasteiger partial charge is 0.128 e. The SMILES string of the molecule is CC(C)[C@H]1C[C@@H]1c1ccc(N2CCCC2)nc1. The summed E-state index contributed by atoms with van der Waals surface area (Å²) in [5.74, 6) is 3.68. The van der Waals surface area contributed by atoms with E-state index in [2.05, 4.69) is 42.1 Å². The fourth-order valence-electron chi connectivity index (χ4n) is 3.08. The minimum atomic E-state index is 0.787. The van der Waals surface area contributed by atoms with Gasteiger partial charge in [0.1, 0.15) is 5.82 Å². The molecule has 1 saturated carbocycles. The summed E-state index contributed by atoms with van der Waals surface area (Å²) in [5.41, 5.74) is 1.45. The molecule has 0 unspecified atom stereocenters. The average molecular weight is 230 g/mol. The molecule has 1 saturated heterocycles. The van der Waals surface area contributed by atoms with Crippen molar-refractivity contribution in [1.29, 1.82) is 0 Å². The molecule has 0 bridgehead atoms. The summed E-state index contributed by atoms with van der Waals surface area (Å²) < 4.78 is 0. The van der Waals surface area contributed by atoms with Gasteiger partial charge in [-0.3, -0.25) is 0 Å². The molecule has 1 aromatic rings. The molecule has 2 heterocycles. The highest BCUT2D eigenvalue weighted by atomic mass is 15.2. The second kappa shape index (κ2) is 4.32. The van der Waals surface area contributed by atoms with Crippen molar-refractivity contribution in [3.63, 3.8) is 0 Å². The molecule has 0 radical (unpaired) electrons. The Hall–Kier alpha value is -1.05. The highest BCUT2D eigenvalue weighted by Crippen LogP contribution is 2.51. The van der Waals surface area contributed by atoms with Crippen LogP contribution in [0.5, 0.6) is 0 Å². The van der Waals surface area contributed by atoms with E-state index >= 15 is 0 Å². The maximum absolute atomic E-state index is 4.64. The number of aromatic nitrogens is 1. The van der Waals surface area contributed by atoms with Crippen molar-refractivity contribution < 1.29 is 0 Å². The zero-order valence-corrected chi connectivity index (χ0v) is 10.9. The summed E-state index contributed by atoms with van der Waals surface area (Å²) in [7, 11) is 0. The minimum Gasteiger partial charge on any atom is -0.357 e. The van der Waals surface area contributed by atoms with Crippen LogP contribution in [0.2, 0.25) is 0 Å². The number of nitrogens with zero attached hydrogens (tertiary/aromatic N) is 2. The number of pyridine rings is 1. The van der Waals surface area contributed by atoms with Crippen molar-refractivity contribution in [1.82, 2.24) is 4.98 Å². The maximum Gasteiger partial charge on any atom is 0.128 e.